The number of ketones is 1. The Kier molecular flexibility index (Phi) is 3.39. The Morgan fingerprint density at radius 2 is 2.38 bits per heavy atom. The molecule has 0 N–H and O–H groups in total. The summed E-state index contributed by atoms with van der Waals surface area (Å²) in [7, 11) is 0. The SMILES string of the molecule is CCCOc1cc2c(cc1C(C)=O)OCS2. The molecule has 16 heavy (non-hydrogen) atoms. The van der Waals surface area contributed by atoms with Crippen LogP contribution in [-0.2, 0) is 0 Å². The highest BCUT2D eigenvalue weighted by Crippen LogP contribution is 2.40. The van der Waals surface area contributed by atoms with Crippen LogP contribution in [0, 0.1) is 0 Å². The molecule has 1 aromatic rings. The minimum Gasteiger partial charge on any atom is -0.493 e. The summed E-state index contributed by atoms with van der Waals surface area (Å²) in [6, 6.07) is 3.68. The van der Waals surface area contributed by atoms with Gasteiger partial charge in [0.2, 0.25) is 0 Å². The van der Waals surface area contributed by atoms with Crippen molar-refractivity contribution in [2.45, 2.75) is 25.2 Å². The lowest BCUT2D eigenvalue weighted by Gasteiger charge is -2.10. The van der Waals surface area contributed by atoms with Crippen LogP contribution in [0.3, 0.4) is 0 Å². The van der Waals surface area contributed by atoms with Gasteiger partial charge in [-0.15, -0.1) is 0 Å². The maximum atomic E-state index is 11.5. The van der Waals surface area contributed by atoms with Gasteiger partial charge in [-0.2, -0.15) is 0 Å². The third-order valence-corrected chi connectivity index (χ3v) is 3.18. The fourth-order valence-corrected chi connectivity index (χ4v) is 2.29. The molecule has 1 heterocycles. The first-order valence-electron chi connectivity index (χ1n) is 5.29. The van der Waals surface area contributed by atoms with Crippen LogP contribution in [0.4, 0.5) is 0 Å². The van der Waals surface area contributed by atoms with Gasteiger partial charge in [0.15, 0.2) is 5.78 Å². The summed E-state index contributed by atoms with van der Waals surface area (Å²) in [5.74, 6) is 2.09. The number of benzene rings is 1. The van der Waals surface area contributed by atoms with Crippen LogP contribution >= 0.6 is 11.8 Å². The summed E-state index contributed by atoms with van der Waals surface area (Å²) in [4.78, 5) is 12.5. The Labute approximate surface area is 99.1 Å². The fraction of sp³-hybridized carbons (Fsp3) is 0.417. The van der Waals surface area contributed by atoms with E-state index in [1.54, 1.807) is 24.8 Å². The second kappa shape index (κ2) is 4.78. The molecule has 0 radical (unpaired) electrons. The number of hydrogen-bond donors (Lipinski definition) is 0. The maximum Gasteiger partial charge on any atom is 0.163 e. The average molecular weight is 238 g/mol. The van der Waals surface area contributed by atoms with E-state index in [9.17, 15) is 4.79 Å². The predicted molar refractivity (Wildman–Crippen MR) is 63.6 cm³/mol. The van der Waals surface area contributed by atoms with Crippen LogP contribution < -0.4 is 9.47 Å². The van der Waals surface area contributed by atoms with Gasteiger partial charge in [0.05, 0.1) is 17.1 Å². The van der Waals surface area contributed by atoms with Crippen LogP contribution in [-0.4, -0.2) is 18.3 Å². The smallest absolute Gasteiger partial charge is 0.163 e. The highest BCUT2D eigenvalue weighted by molar-refractivity contribution is 7.99. The number of fused-ring (bicyclic) bond motifs is 1. The van der Waals surface area contributed by atoms with E-state index in [0.29, 0.717) is 23.9 Å². The lowest BCUT2D eigenvalue weighted by atomic mass is 10.1. The van der Waals surface area contributed by atoms with Gasteiger partial charge < -0.3 is 9.47 Å². The van der Waals surface area contributed by atoms with Crippen molar-refractivity contribution in [2.75, 3.05) is 12.5 Å². The zero-order valence-electron chi connectivity index (χ0n) is 9.41. The lowest BCUT2D eigenvalue weighted by molar-refractivity contribution is 0.101. The van der Waals surface area contributed by atoms with Crippen molar-refractivity contribution in [1.82, 2.24) is 0 Å². The van der Waals surface area contributed by atoms with E-state index in [-0.39, 0.29) is 5.78 Å². The zero-order valence-corrected chi connectivity index (χ0v) is 10.2. The normalized spacial score (nSPS) is 13.1. The summed E-state index contributed by atoms with van der Waals surface area (Å²) in [5.41, 5.74) is 0.606. The van der Waals surface area contributed by atoms with E-state index in [1.807, 2.05) is 13.0 Å². The Bertz CT molecular complexity index is 415. The van der Waals surface area contributed by atoms with Gasteiger partial charge in [0, 0.05) is 0 Å². The molecule has 4 heteroatoms. The molecule has 0 aliphatic carbocycles. The highest BCUT2D eigenvalue weighted by atomic mass is 32.2. The Balaban J connectivity index is 2.36. The predicted octanol–water partition coefficient (Wildman–Crippen LogP) is 3.12. The van der Waals surface area contributed by atoms with E-state index in [0.717, 1.165) is 17.1 Å². The minimum atomic E-state index is 0.00871. The molecule has 86 valence electrons. The first-order chi connectivity index (χ1) is 7.72. The first-order valence-corrected chi connectivity index (χ1v) is 6.28. The molecule has 0 unspecified atom stereocenters. The van der Waals surface area contributed by atoms with Gasteiger partial charge >= 0.3 is 0 Å². The summed E-state index contributed by atoms with van der Waals surface area (Å²) in [5, 5.41) is 0. The van der Waals surface area contributed by atoms with Crippen molar-refractivity contribution in [1.29, 1.82) is 0 Å². The molecule has 1 aliphatic heterocycles. The molecule has 0 bridgehead atoms. The Hall–Kier alpha value is -1.16. The molecule has 0 atom stereocenters. The van der Waals surface area contributed by atoms with Crippen molar-refractivity contribution in [2.24, 2.45) is 0 Å². The highest BCUT2D eigenvalue weighted by Gasteiger charge is 2.19. The zero-order chi connectivity index (χ0) is 11.5. The molecular formula is C12H14O3S. The second-order valence-electron chi connectivity index (χ2n) is 3.61. The van der Waals surface area contributed by atoms with Gasteiger partial charge in [-0.05, 0) is 25.5 Å². The van der Waals surface area contributed by atoms with Gasteiger partial charge in [0.25, 0.3) is 0 Å². The number of hydrogen-bond acceptors (Lipinski definition) is 4. The third-order valence-electron chi connectivity index (χ3n) is 2.32. The quantitative estimate of drug-likeness (QED) is 0.755. The van der Waals surface area contributed by atoms with Gasteiger partial charge in [0.1, 0.15) is 17.4 Å². The van der Waals surface area contributed by atoms with Crippen LogP contribution in [0.1, 0.15) is 30.6 Å². The molecule has 0 fully saturated rings. The van der Waals surface area contributed by atoms with E-state index in [4.69, 9.17) is 9.47 Å². The molecule has 0 saturated heterocycles. The second-order valence-corrected chi connectivity index (χ2v) is 4.57. The van der Waals surface area contributed by atoms with Gasteiger partial charge in [-0.3, -0.25) is 4.79 Å². The average Bonchev–Trinajstić information content (AvgIpc) is 2.71. The van der Waals surface area contributed by atoms with E-state index in [1.165, 1.54) is 0 Å². The van der Waals surface area contributed by atoms with Gasteiger partial charge in [-0.25, -0.2) is 0 Å². The lowest BCUT2D eigenvalue weighted by Crippen LogP contribution is -2.02. The summed E-state index contributed by atoms with van der Waals surface area (Å²) in [6.07, 6.45) is 0.929. The Morgan fingerprint density at radius 1 is 1.56 bits per heavy atom. The van der Waals surface area contributed by atoms with E-state index in [2.05, 4.69) is 0 Å². The monoisotopic (exact) mass is 238 g/mol. The molecule has 0 spiro atoms. The number of Topliss-reactive ketones (excluding diaryl/α,β-unsaturated/α-hetero) is 1. The van der Waals surface area contributed by atoms with Crippen molar-refractivity contribution in [3.63, 3.8) is 0 Å². The molecule has 0 aromatic heterocycles. The van der Waals surface area contributed by atoms with E-state index < -0.39 is 0 Å². The van der Waals surface area contributed by atoms with Crippen molar-refractivity contribution < 1.29 is 14.3 Å². The topological polar surface area (TPSA) is 35.5 Å². The minimum absolute atomic E-state index is 0.00871. The van der Waals surface area contributed by atoms with Crippen molar-refractivity contribution >= 4 is 17.5 Å². The molecule has 0 amide bonds. The number of rotatable bonds is 4. The molecular weight excluding hydrogens is 224 g/mol. The fourth-order valence-electron chi connectivity index (χ4n) is 1.53. The van der Waals surface area contributed by atoms with Crippen LogP contribution in [0.15, 0.2) is 17.0 Å². The standard InChI is InChI=1S/C12H14O3S/c1-3-4-14-10-6-12-11(15-7-16-12)5-9(10)8(2)13/h5-6H,3-4,7H2,1-2H3. The van der Waals surface area contributed by atoms with Crippen LogP contribution in [0.25, 0.3) is 0 Å². The number of carbonyl (C=O) groups is 1. The van der Waals surface area contributed by atoms with Crippen molar-refractivity contribution in [3.05, 3.63) is 17.7 Å². The van der Waals surface area contributed by atoms with Gasteiger partial charge in [-0.1, -0.05) is 18.7 Å². The number of thioether (sulfide) groups is 1. The first kappa shape index (κ1) is 11.3. The maximum absolute atomic E-state index is 11.5. The molecule has 2 rings (SSSR count). The number of ether oxygens (including phenoxy) is 2. The molecule has 3 nitrogen and oxygen atoms in total. The summed E-state index contributed by atoms with van der Waals surface area (Å²) in [6.45, 7) is 4.21. The number of carbonyl (C=O) groups excluding carboxylic acids is 1. The molecule has 0 saturated carbocycles. The van der Waals surface area contributed by atoms with E-state index >= 15 is 0 Å². The summed E-state index contributed by atoms with van der Waals surface area (Å²) >= 11 is 1.62. The molecule has 1 aromatic carbocycles. The summed E-state index contributed by atoms with van der Waals surface area (Å²) < 4.78 is 11.0. The molecule has 1 aliphatic rings. The largest absolute Gasteiger partial charge is 0.493 e. The Morgan fingerprint density at radius 3 is 3.06 bits per heavy atom. The third kappa shape index (κ3) is 2.16. The van der Waals surface area contributed by atoms with Crippen LogP contribution in [0.5, 0.6) is 11.5 Å². The van der Waals surface area contributed by atoms with Crippen molar-refractivity contribution in [3.8, 4) is 11.5 Å². The van der Waals surface area contributed by atoms with Crippen LogP contribution in [0.2, 0.25) is 0 Å².